The van der Waals surface area contributed by atoms with Gasteiger partial charge in [0.15, 0.2) is 0 Å². The summed E-state index contributed by atoms with van der Waals surface area (Å²) in [5.74, 6) is -0.199. The molecule has 3 aliphatic carbocycles. The van der Waals surface area contributed by atoms with Gasteiger partial charge in [-0.1, -0.05) is 41.0 Å². The predicted octanol–water partition coefficient (Wildman–Crippen LogP) is 3.18. The summed E-state index contributed by atoms with van der Waals surface area (Å²) in [6.45, 7) is 12.4. The van der Waals surface area contributed by atoms with Gasteiger partial charge in [0.25, 0.3) is 0 Å². The first-order valence-corrected chi connectivity index (χ1v) is 13.8. The maximum absolute atomic E-state index is 12.6. The number of rotatable bonds is 5. The van der Waals surface area contributed by atoms with Crippen LogP contribution in [0.15, 0.2) is 0 Å². The number of hydrogen-bond acceptors (Lipinski definition) is 6. The molecule has 4 fully saturated rings. The molecule has 14 atom stereocenters. The molecule has 4 aliphatic rings. The molecule has 34 heavy (non-hydrogen) atoms. The summed E-state index contributed by atoms with van der Waals surface area (Å²) in [6.07, 6.45) is 0.517. The monoisotopic (exact) mass is 480 g/mol. The molecule has 0 unspecified atom stereocenters. The van der Waals surface area contributed by atoms with Crippen LogP contribution in [0.1, 0.15) is 80.1 Å². The Hall–Kier alpha value is -0.530. The molecule has 0 aromatic rings. The molecule has 0 aromatic carbocycles. The minimum atomic E-state index is -0.954. The van der Waals surface area contributed by atoms with E-state index < -0.39 is 24.4 Å². The van der Waals surface area contributed by atoms with Crippen molar-refractivity contribution in [2.75, 3.05) is 0 Å². The molecule has 196 valence electrons. The lowest BCUT2D eigenvalue weighted by Crippen LogP contribution is -2.62. The Morgan fingerprint density at radius 1 is 1.00 bits per heavy atom. The number of aliphatic hydroxyl groups excluding tert-OH is 4. The van der Waals surface area contributed by atoms with Gasteiger partial charge in [-0.2, -0.15) is 0 Å². The minimum absolute atomic E-state index is 0.0233. The zero-order valence-electron chi connectivity index (χ0n) is 21.9. The number of aliphatic hydroxyl groups is 4. The van der Waals surface area contributed by atoms with Crippen LogP contribution in [0.3, 0.4) is 0 Å². The van der Waals surface area contributed by atoms with E-state index in [0.717, 1.165) is 25.7 Å². The Balaban J connectivity index is 1.77. The molecule has 1 saturated heterocycles. The lowest BCUT2D eigenvalue weighted by atomic mass is 9.49. The lowest BCUT2D eigenvalue weighted by molar-refractivity contribution is -0.207. The highest BCUT2D eigenvalue weighted by molar-refractivity contribution is 5.79. The van der Waals surface area contributed by atoms with E-state index in [2.05, 4.69) is 27.7 Å². The summed E-state index contributed by atoms with van der Waals surface area (Å²) in [4.78, 5) is 12.6. The van der Waals surface area contributed by atoms with Crippen molar-refractivity contribution < 1.29 is 30.0 Å². The van der Waals surface area contributed by atoms with Gasteiger partial charge in [-0.3, -0.25) is 4.79 Å². The van der Waals surface area contributed by atoms with Crippen molar-refractivity contribution in [3.8, 4) is 0 Å². The minimum Gasteiger partial charge on any atom is -0.390 e. The lowest BCUT2D eigenvalue weighted by Gasteiger charge is -2.57. The molecule has 6 nitrogen and oxygen atoms in total. The van der Waals surface area contributed by atoms with E-state index in [1.165, 1.54) is 0 Å². The fraction of sp³-hybridized carbons (Fsp3) is 0.964. The SMILES string of the molecule is CC(C)[C@H](C)[C@@H](O)[C@H](O)[C@H](C)[C@H]1O[C@@H](C)[C@H]2CCC(=O)C[C@@H]2[C@H]2[C@H](O)[C@H](O)[C@@H]3CCC[C@]3(C)[C@@H]12. The van der Waals surface area contributed by atoms with Crippen LogP contribution in [0, 0.1) is 52.8 Å². The first kappa shape index (κ1) is 26.5. The highest BCUT2D eigenvalue weighted by atomic mass is 16.5. The van der Waals surface area contributed by atoms with Crippen LogP contribution in [0.5, 0.6) is 0 Å². The van der Waals surface area contributed by atoms with E-state index in [1.54, 1.807) is 0 Å². The van der Waals surface area contributed by atoms with Gasteiger partial charge in [-0.05, 0) is 73.0 Å². The average Bonchev–Trinajstić information content (AvgIpc) is 3.14. The van der Waals surface area contributed by atoms with Crippen molar-refractivity contribution in [1.29, 1.82) is 0 Å². The van der Waals surface area contributed by atoms with E-state index in [9.17, 15) is 25.2 Å². The Labute approximate surface area is 205 Å². The van der Waals surface area contributed by atoms with Crippen LogP contribution in [0.25, 0.3) is 0 Å². The maximum atomic E-state index is 12.6. The van der Waals surface area contributed by atoms with Crippen molar-refractivity contribution in [3.63, 3.8) is 0 Å². The second-order valence-electron chi connectivity index (χ2n) is 12.9. The molecule has 0 radical (unpaired) electrons. The van der Waals surface area contributed by atoms with E-state index in [4.69, 9.17) is 4.74 Å². The van der Waals surface area contributed by atoms with E-state index in [-0.39, 0.29) is 70.7 Å². The largest absolute Gasteiger partial charge is 0.390 e. The van der Waals surface area contributed by atoms with E-state index in [0.29, 0.717) is 12.8 Å². The van der Waals surface area contributed by atoms with E-state index >= 15 is 0 Å². The summed E-state index contributed by atoms with van der Waals surface area (Å²) in [7, 11) is 0. The van der Waals surface area contributed by atoms with Crippen LogP contribution in [-0.4, -0.2) is 62.8 Å². The molecule has 4 N–H and O–H groups in total. The molecule has 0 amide bonds. The Bertz CT molecular complexity index is 740. The average molecular weight is 481 g/mol. The number of fused-ring (bicyclic) bond motifs is 5. The molecule has 0 bridgehead atoms. The highest BCUT2D eigenvalue weighted by Crippen LogP contribution is 2.63. The zero-order valence-corrected chi connectivity index (χ0v) is 21.9. The van der Waals surface area contributed by atoms with Crippen LogP contribution in [-0.2, 0) is 9.53 Å². The Morgan fingerprint density at radius 3 is 2.32 bits per heavy atom. The number of ketones is 1. The van der Waals surface area contributed by atoms with Gasteiger partial charge < -0.3 is 25.2 Å². The van der Waals surface area contributed by atoms with Crippen LogP contribution < -0.4 is 0 Å². The van der Waals surface area contributed by atoms with Crippen molar-refractivity contribution in [2.24, 2.45) is 52.8 Å². The summed E-state index contributed by atoms with van der Waals surface area (Å²) in [5, 5.41) is 45.2. The van der Waals surface area contributed by atoms with Gasteiger partial charge in [0.1, 0.15) is 5.78 Å². The molecule has 6 heteroatoms. The number of hydrogen-bond donors (Lipinski definition) is 4. The van der Waals surface area contributed by atoms with Crippen molar-refractivity contribution in [2.45, 2.75) is 117 Å². The van der Waals surface area contributed by atoms with Crippen molar-refractivity contribution >= 4 is 5.78 Å². The van der Waals surface area contributed by atoms with Crippen molar-refractivity contribution in [1.82, 2.24) is 0 Å². The predicted molar refractivity (Wildman–Crippen MR) is 130 cm³/mol. The number of ether oxygens (including phenoxy) is 1. The second kappa shape index (κ2) is 9.74. The fourth-order valence-corrected chi connectivity index (χ4v) is 8.58. The molecule has 1 heterocycles. The fourth-order valence-electron chi connectivity index (χ4n) is 8.58. The zero-order chi connectivity index (χ0) is 25.1. The molecule has 0 aromatic heterocycles. The van der Waals surface area contributed by atoms with Gasteiger partial charge in [0.2, 0.25) is 0 Å². The first-order valence-electron chi connectivity index (χ1n) is 13.8. The van der Waals surface area contributed by atoms with Gasteiger partial charge in [0, 0.05) is 18.8 Å². The first-order chi connectivity index (χ1) is 15.9. The summed E-state index contributed by atoms with van der Waals surface area (Å²) < 4.78 is 6.84. The third-order valence-corrected chi connectivity index (χ3v) is 11.0. The highest BCUT2D eigenvalue weighted by Gasteiger charge is 2.65. The molecule has 1 aliphatic heterocycles. The molecular formula is C28H48O6. The topological polar surface area (TPSA) is 107 Å². The van der Waals surface area contributed by atoms with Gasteiger partial charge in [-0.25, -0.2) is 0 Å². The van der Waals surface area contributed by atoms with Crippen molar-refractivity contribution in [3.05, 3.63) is 0 Å². The van der Waals surface area contributed by atoms with Crippen LogP contribution >= 0.6 is 0 Å². The molecule has 0 spiro atoms. The standard InChI is InChI=1S/C28H48O6/c1-13(2)14(3)23(30)24(31)15(4)27-22-21(19-12-17(29)9-10-18(19)16(5)34-27)26(33)25(32)20-8-7-11-28(20,22)6/h13-16,18-27,30-33H,7-12H2,1-6H3/t14-,15-,16-,18+,19-,20-,21+,22+,23+,24+,25+,26-,27+,28-/m0/s1. The smallest absolute Gasteiger partial charge is 0.133 e. The molecule has 4 rings (SSSR count). The molecule has 3 saturated carbocycles. The van der Waals surface area contributed by atoms with Gasteiger partial charge in [-0.15, -0.1) is 0 Å². The number of carbonyl (C=O) groups is 1. The number of Topliss-reactive ketones (excluding diaryl/α,β-unsaturated/α-hetero) is 1. The van der Waals surface area contributed by atoms with Crippen LogP contribution in [0.2, 0.25) is 0 Å². The second-order valence-corrected chi connectivity index (χ2v) is 12.9. The number of carbonyl (C=O) groups excluding carboxylic acids is 1. The van der Waals surface area contributed by atoms with E-state index in [1.807, 2.05) is 13.8 Å². The summed E-state index contributed by atoms with van der Waals surface area (Å²) in [6, 6.07) is 0. The Kier molecular flexibility index (Phi) is 7.60. The maximum Gasteiger partial charge on any atom is 0.133 e. The van der Waals surface area contributed by atoms with Gasteiger partial charge in [0.05, 0.1) is 36.6 Å². The quantitative estimate of drug-likeness (QED) is 0.481. The van der Waals surface area contributed by atoms with Gasteiger partial charge >= 0.3 is 0 Å². The summed E-state index contributed by atoms with van der Waals surface area (Å²) >= 11 is 0. The Morgan fingerprint density at radius 2 is 1.68 bits per heavy atom. The normalized spacial score (nSPS) is 48.3. The third-order valence-electron chi connectivity index (χ3n) is 11.0. The molecular weight excluding hydrogens is 432 g/mol. The third kappa shape index (κ3) is 4.19. The van der Waals surface area contributed by atoms with Crippen LogP contribution in [0.4, 0.5) is 0 Å². The summed E-state index contributed by atoms with van der Waals surface area (Å²) in [5.41, 5.74) is -0.244.